The first-order valence-electron chi connectivity index (χ1n) is 7.10. The maximum absolute atomic E-state index is 11.7. The van der Waals surface area contributed by atoms with Gasteiger partial charge in [0.05, 0.1) is 6.04 Å². The van der Waals surface area contributed by atoms with Crippen LogP contribution >= 0.6 is 35.8 Å². The molecule has 0 spiro atoms. The second kappa shape index (κ2) is 12.5. The molecule has 4 N–H and O–H groups in total. The zero-order valence-electron chi connectivity index (χ0n) is 13.0. The van der Waals surface area contributed by atoms with E-state index in [2.05, 4.69) is 10.6 Å². The number of benzene rings is 1. The van der Waals surface area contributed by atoms with E-state index >= 15 is 0 Å². The number of carbonyl (C=O) groups is 2. The van der Waals surface area contributed by atoms with Gasteiger partial charge in [-0.3, -0.25) is 9.59 Å². The number of nitrogens with two attached hydrogens (primary N) is 1. The van der Waals surface area contributed by atoms with Crippen molar-refractivity contribution in [3.05, 3.63) is 29.3 Å². The highest BCUT2D eigenvalue weighted by molar-refractivity contribution is 7.98. The van der Waals surface area contributed by atoms with Crippen molar-refractivity contribution in [3.63, 3.8) is 0 Å². The monoisotopic (exact) mass is 379 g/mol. The Morgan fingerprint density at radius 2 is 1.96 bits per heavy atom. The fourth-order valence-corrected chi connectivity index (χ4v) is 2.34. The number of rotatable bonds is 9. The third-order valence-corrected chi connectivity index (χ3v) is 3.87. The van der Waals surface area contributed by atoms with Crippen LogP contribution in [0, 0.1) is 0 Å². The van der Waals surface area contributed by atoms with E-state index in [4.69, 9.17) is 17.3 Å². The number of halogens is 2. The Labute approximate surface area is 152 Å². The van der Waals surface area contributed by atoms with Crippen molar-refractivity contribution < 1.29 is 9.59 Å². The second-order valence-electron chi connectivity index (χ2n) is 4.84. The summed E-state index contributed by atoms with van der Waals surface area (Å²) in [5.74, 6) is 0.605. The molecule has 0 unspecified atom stereocenters. The van der Waals surface area contributed by atoms with Crippen molar-refractivity contribution in [1.29, 1.82) is 0 Å². The summed E-state index contributed by atoms with van der Waals surface area (Å²) in [7, 11) is 0. The summed E-state index contributed by atoms with van der Waals surface area (Å²) in [5.41, 5.74) is 6.45. The van der Waals surface area contributed by atoms with Crippen LogP contribution in [0.2, 0.25) is 5.02 Å². The molecule has 0 aliphatic heterocycles. The van der Waals surface area contributed by atoms with Gasteiger partial charge in [-0.2, -0.15) is 11.8 Å². The van der Waals surface area contributed by atoms with E-state index in [1.807, 2.05) is 6.26 Å². The summed E-state index contributed by atoms with van der Waals surface area (Å²) < 4.78 is 0. The Hall–Kier alpha value is -0.950. The molecule has 0 aliphatic carbocycles. The molecule has 130 valence electrons. The molecule has 23 heavy (non-hydrogen) atoms. The fraction of sp³-hybridized carbons (Fsp3) is 0.467. The molecule has 0 heterocycles. The molecule has 0 radical (unpaired) electrons. The minimum Gasteiger partial charge on any atom is -0.355 e. The number of nitrogens with one attached hydrogen (secondary N) is 2. The van der Waals surface area contributed by atoms with Gasteiger partial charge in [-0.1, -0.05) is 11.6 Å². The Bertz CT molecular complexity index is 486. The molecular formula is C15H23Cl2N3O2S. The molecular weight excluding hydrogens is 357 g/mol. The number of thioether (sulfide) groups is 1. The topological polar surface area (TPSA) is 84.2 Å². The van der Waals surface area contributed by atoms with Crippen LogP contribution in [0.3, 0.4) is 0 Å². The molecule has 0 saturated carbocycles. The number of hydrogen-bond donors (Lipinski definition) is 3. The fourth-order valence-electron chi connectivity index (χ4n) is 1.72. The van der Waals surface area contributed by atoms with E-state index in [9.17, 15) is 9.59 Å². The summed E-state index contributed by atoms with van der Waals surface area (Å²) in [6, 6.07) is 6.44. The molecule has 5 nitrogen and oxygen atoms in total. The summed E-state index contributed by atoms with van der Waals surface area (Å²) in [6.07, 6.45) is 3.54. The third kappa shape index (κ3) is 9.71. The molecule has 0 saturated heterocycles. The number of anilines is 1. The zero-order chi connectivity index (χ0) is 16.4. The lowest BCUT2D eigenvalue weighted by Crippen LogP contribution is -2.41. The molecule has 0 bridgehead atoms. The van der Waals surface area contributed by atoms with E-state index in [0.717, 1.165) is 5.75 Å². The van der Waals surface area contributed by atoms with E-state index < -0.39 is 6.04 Å². The lowest BCUT2D eigenvalue weighted by atomic mass is 10.2. The summed E-state index contributed by atoms with van der Waals surface area (Å²) in [6.45, 7) is 0.444. The van der Waals surface area contributed by atoms with Gasteiger partial charge in [0.2, 0.25) is 11.8 Å². The van der Waals surface area contributed by atoms with Crippen molar-refractivity contribution in [1.82, 2.24) is 5.32 Å². The molecule has 0 aliphatic rings. The van der Waals surface area contributed by atoms with Gasteiger partial charge in [-0.05, 0) is 49.1 Å². The predicted molar refractivity (Wildman–Crippen MR) is 101 cm³/mol. The van der Waals surface area contributed by atoms with Gasteiger partial charge < -0.3 is 16.4 Å². The summed E-state index contributed by atoms with van der Waals surface area (Å²) in [4.78, 5) is 23.4. The van der Waals surface area contributed by atoms with Gasteiger partial charge in [0.25, 0.3) is 0 Å². The first-order chi connectivity index (χ1) is 10.5. The Morgan fingerprint density at radius 3 is 2.57 bits per heavy atom. The molecule has 1 rings (SSSR count). The average Bonchev–Trinajstić information content (AvgIpc) is 2.51. The van der Waals surface area contributed by atoms with Crippen LogP contribution in [0.1, 0.15) is 19.3 Å². The second-order valence-corrected chi connectivity index (χ2v) is 6.26. The first kappa shape index (κ1) is 22.1. The predicted octanol–water partition coefficient (Wildman–Crippen LogP) is 2.68. The minimum absolute atomic E-state index is 0. The molecule has 1 aromatic rings. The molecule has 1 atom stereocenters. The van der Waals surface area contributed by atoms with E-state index in [-0.39, 0.29) is 24.2 Å². The van der Waals surface area contributed by atoms with Crippen molar-refractivity contribution in [3.8, 4) is 0 Å². The van der Waals surface area contributed by atoms with Crippen molar-refractivity contribution in [2.75, 3.05) is 23.9 Å². The lowest BCUT2D eigenvalue weighted by molar-refractivity contribution is -0.122. The summed E-state index contributed by atoms with van der Waals surface area (Å²) in [5, 5.41) is 6.14. The highest BCUT2D eigenvalue weighted by atomic mass is 35.5. The van der Waals surface area contributed by atoms with Crippen molar-refractivity contribution in [2.45, 2.75) is 25.3 Å². The maximum Gasteiger partial charge on any atom is 0.236 e. The minimum atomic E-state index is -0.477. The van der Waals surface area contributed by atoms with E-state index in [1.165, 1.54) is 0 Å². The van der Waals surface area contributed by atoms with Crippen molar-refractivity contribution >= 4 is 53.3 Å². The maximum atomic E-state index is 11.7. The Morgan fingerprint density at radius 1 is 1.30 bits per heavy atom. The Balaban J connectivity index is 0.00000484. The number of amides is 2. The van der Waals surface area contributed by atoms with Crippen LogP contribution in [0.5, 0.6) is 0 Å². The highest BCUT2D eigenvalue weighted by Crippen LogP contribution is 2.13. The van der Waals surface area contributed by atoms with Crippen LogP contribution in [0.15, 0.2) is 24.3 Å². The highest BCUT2D eigenvalue weighted by Gasteiger charge is 2.12. The average molecular weight is 380 g/mol. The molecule has 0 aromatic heterocycles. The largest absolute Gasteiger partial charge is 0.355 e. The lowest BCUT2D eigenvalue weighted by Gasteiger charge is -2.11. The quantitative estimate of drug-likeness (QED) is 0.575. The van der Waals surface area contributed by atoms with Gasteiger partial charge in [0.1, 0.15) is 0 Å². The van der Waals surface area contributed by atoms with Crippen molar-refractivity contribution in [2.24, 2.45) is 5.73 Å². The van der Waals surface area contributed by atoms with Crippen LogP contribution in [-0.4, -0.2) is 36.4 Å². The summed E-state index contributed by atoms with van der Waals surface area (Å²) >= 11 is 7.43. The standard InChI is InChI=1S/C15H22ClN3O2S.ClH/c1-22-10-8-13(17)15(21)18-9-2-3-14(20)19-12-6-4-11(16)5-7-12;/h4-7,13H,2-3,8-10,17H2,1H3,(H,18,21)(H,19,20);1H/t13-;/m0./s1. The first-order valence-corrected chi connectivity index (χ1v) is 8.87. The molecule has 2 amide bonds. The van der Waals surface area contributed by atoms with Gasteiger partial charge in [-0.15, -0.1) is 12.4 Å². The SMILES string of the molecule is CSCC[C@H](N)C(=O)NCCCC(=O)Nc1ccc(Cl)cc1.Cl. The van der Waals surface area contributed by atoms with Gasteiger partial charge in [0, 0.05) is 23.7 Å². The van der Waals surface area contributed by atoms with Gasteiger partial charge >= 0.3 is 0 Å². The zero-order valence-corrected chi connectivity index (χ0v) is 15.4. The molecule has 8 heteroatoms. The molecule has 1 aromatic carbocycles. The number of hydrogen-bond acceptors (Lipinski definition) is 4. The smallest absolute Gasteiger partial charge is 0.236 e. The van der Waals surface area contributed by atoms with Gasteiger partial charge in [-0.25, -0.2) is 0 Å². The van der Waals surface area contributed by atoms with E-state index in [1.54, 1.807) is 36.0 Å². The normalized spacial score (nSPS) is 11.3. The van der Waals surface area contributed by atoms with Crippen LogP contribution in [0.25, 0.3) is 0 Å². The molecule has 0 fully saturated rings. The van der Waals surface area contributed by atoms with Crippen LogP contribution < -0.4 is 16.4 Å². The van der Waals surface area contributed by atoms with Crippen LogP contribution in [0.4, 0.5) is 5.69 Å². The van der Waals surface area contributed by atoms with Crippen LogP contribution in [-0.2, 0) is 9.59 Å². The van der Waals surface area contributed by atoms with E-state index in [0.29, 0.717) is 36.5 Å². The number of carbonyl (C=O) groups excluding carboxylic acids is 2. The van der Waals surface area contributed by atoms with Gasteiger partial charge in [0.15, 0.2) is 0 Å². The third-order valence-electron chi connectivity index (χ3n) is 2.98. The Kier molecular flexibility index (Phi) is 12.0.